The molecule has 0 aliphatic carbocycles. The standard InChI is InChI=1S/C25H38N4O3.2ClH/c1-19(2)18-32-24(30)10-14-27-13-4-3-5-23(27)29-16-15-28(25(29)31)22-7-6-20-8-11-26-12-9-21(20)17-22;;/h6-7,17,19,23,26H,3-5,8-16,18H2,1-2H3;2*1H. The van der Waals surface area contributed by atoms with Crippen molar-refractivity contribution in [3.8, 4) is 0 Å². The minimum Gasteiger partial charge on any atom is -0.465 e. The van der Waals surface area contributed by atoms with Crippen LogP contribution in [0.4, 0.5) is 10.5 Å². The van der Waals surface area contributed by atoms with Crippen LogP contribution in [0.2, 0.25) is 0 Å². The van der Waals surface area contributed by atoms with Crippen LogP contribution in [0.25, 0.3) is 0 Å². The van der Waals surface area contributed by atoms with Crippen LogP contribution >= 0.6 is 24.8 Å². The second-order valence-corrected chi connectivity index (χ2v) is 9.67. The highest BCUT2D eigenvalue weighted by Crippen LogP contribution is 2.29. The minimum atomic E-state index is -0.142. The lowest BCUT2D eigenvalue weighted by molar-refractivity contribution is -0.145. The highest BCUT2D eigenvalue weighted by Gasteiger charge is 2.38. The Morgan fingerprint density at radius 3 is 2.62 bits per heavy atom. The lowest BCUT2D eigenvalue weighted by Gasteiger charge is -2.40. The number of urea groups is 1. The van der Waals surface area contributed by atoms with Crippen LogP contribution in [0, 0.1) is 5.92 Å². The van der Waals surface area contributed by atoms with Crippen molar-refractivity contribution >= 4 is 42.5 Å². The molecule has 192 valence electrons. The molecule has 7 nitrogen and oxygen atoms in total. The van der Waals surface area contributed by atoms with Crippen molar-refractivity contribution in [2.24, 2.45) is 5.92 Å². The number of esters is 1. The summed E-state index contributed by atoms with van der Waals surface area (Å²) < 4.78 is 5.35. The van der Waals surface area contributed by atoms with E-state index in [2.05, 4.69) is 28.4 Å². The maximum absolute atomic E-state index is 13.4. The van der Waals surface area contributed by atoms with Gasteiger partial charge in [-0.2, -0.15) is 0 Å². The number of nitrogens with zero attached hydrogens (tertiary/aromatic N) is 3. The number of amides is 2. The second kappa shape index (κ2) is 13.5. The second-order valence-electron chi connectivity index (χ2n) is 9.67. The topological polar surface area (TPSA) is 65.1 Å². The number of benzene rings is 1. The van der Waals surface area contributed by atoms with Crippen molar-refractivity contribution in [3.63, 3.8) is 0 Å². The zero-order valence-electron chi connectivity index (χ0n) is 20.5. The molecule has 0 radical (unpaired) electrons. The Bertz CT molecular complexity index is 823. The van der Waals surface area contributed by atoms with Gasteiger partial charge in [-0.15, -0.1) is 24.8 Å². The fourth-order valence-corrected chi connectivity index (χ4v) is 5.05. The fraction of sp³-hybridized carbons (Fsp3) is 0.680. The molecule has 3 aliphatic heterocycles. The van der Waals surface area contributed by atoms with Gasteiger partial charge >= 0.3 is 12.0 Å². The third-order valence-corrected chi connectivity index (χ3v) is 6.80. The van der Waals surface area contributed by atoms with Crippen molar-refractivity contribution in [1.82, 2.24) is 15.1 Å². The summed E-state index contributed by atoms with van der Waals surface area (Å²) >= 11 is 0. The molecule has 3 aliphatic rings. The monoisotopic (exact) mass is 514 g/mol. The van der Waals surface area contributed by atoms with Crippen molar-refractivity contribution in [1.29, 1.82) is 0 Å². The summed E-state index contributed by atoms with van der Waals surface area (Å²) in [6.07, 6.45) is 5.72. The van der Waals surface area contributed by atoms with E-state index < -0.39 is 0 Å². The van der Waals surface area contributed by atoms with Gasteiger partial charge in [0.05, 0.1) is 19.2 Å². The maximum atomic E-state index is 13.4. The zero-order chi connectivity index (χ0) is 22.5. The molecule has 0 spiro atoms. The molecule has 3 heterocycles. The summed E-state index contributed by atoms with van der Waals surface area (Å²) in [5.41, 5.74) is 3.76. The fourth-order valence-electron chi connectivity index (χ4n) is 5.05. The Hall–Kier alpha value is -1.54. The first kappa shape index (κ1) is 28.7. The summed E-state index contributed by atoms with van der Waals surface area (Å²) in [5, 5.41) is 3.45. The SMILES string of the molecule is CC(C)COC(=O)CCN1CCCCC1N1CCN(c2ccc3c(c2)CCNCC3)C1=O.Cl.Cl. The van der Waals surface area contributed by atoms with E-state index >= 15 is 0 Å². The first-order valence-corrected chi connectivity index (χ1v) is 12.3. The Morgan fingerprint density at radius 2 is 1.85 bits per heavy atom. The normalized spacial score (nSPS) is 20.9. The number of rotatable bonds is 7. The van der Waals surface area contributed by atoms with Gasteiger partial charge in [0.25, 0.3) is 0 Å². The van der Waals surface area contributed by atoms with Gasteiger partial charge in [0.2, 0.25) is 0 Å². The number of hydrogen-bond donors (Lipinski definition) is 1. The van der Waals surface area contributed by atoms with E-state index in [-0.39, 0.29) is 43.0 Å². The van der Waals surface area contributed by atoms with Crippen LogP contribution in [0.3, 0.4) is 0 Å². The molecule has 1 unspecified atom stereocenters. The molecule has 2 saturated heterocycles. The zero-order valence-corrected chi connectivity index (χ0v) is 22.1. The van der Waals surface area contributed by atoms with E-state index in [1.54, 1.807) is 0 Å². The quantitative estimate of drug-likeness (QED) is 0.559. The van der Waals surface area contributed by atoms with E-state index in [9.17, 15) is 9.59 Å². The Balaban J connectivity index is 0.00000204. The van der Waals surface area contributed by atoms with Gasteiger partial charge in [0.1, 0.15) is 0 Å². The first-order chi connectivity index (χ1) is 15.5. The molecule has 2 fully saturated rings. The average molecular weight is 516 g/mol. The molecule has 0 bridgehead atoms. The molecule has 1 atom stereocenters. The van der Waals surface area contributed by atoms with Gasteiger partial charge in [-0.3, -0.25) is 14.6 Å². The Labute approximate surface area is 216 Å². The van der Waals surface area contributed by atoms with E-state index in [1.807, 2.05) is 23.6 Å². The number of carbonyl (C=O) groups excluding carboxylic acids is 2. The average Bonchev–Trinajstić information content (AvgIpc) is 3.02. The summed E-state index contributed by atoms with van der Waals surface area (Å²) in [7, 11) is 0. The third-order valence-electron chi connectivity index (χ3n) is 6.80. The van der Waals surface area contributed by atoms with E-state index in [4.69, 9.17) is 4.74 Å². The van der Waals surface area contributed by atoms with Crippen LogP contribution in [0.1, 0.15) is 50.7 Å². The Kier molecular flexibility index (Phi) is 11.4. The highest BCUT2D eigenvalue weighted by molar-refractivity contribution is 5.94. The molecule has 4 rings (SSSR count). The molecule has 2 amide bonds. The molecule has 34 heavy (non-hydrogen) atoms. The number of likely N-dealkylation sites (tertiary alicyclic amines) is 1. The number of nitrogens with one attached hydrogen (secondary N) is 1. The number of piperidine rings is 1. The molecule has 9 heteroatoms. The van der Waals surface area contributed by atoms with Crippen LogP contribution in [0.15, 0.2) is 18.2 Å². The highest BCUT2D eigenvalue weighted by atomic mass is 35.5. The maximum Gasteiger partial charge on any atom is 0.325 e. The van der Waals surface area contributed by atoms with Gasteiger partial charge in [-0.05, 0) is 74.4 Å². The molecule has 0 saturated carbocycles. The number of carbonyl (C=O) groups is 2. The van der Waals surface area contributed by atoms with Gasteiger partial charge < -0.3 is 15.0 Å². The lowest BCUT2D eigenvalue weighted by atomic mass is 10.0. The smallest absolute Gasteiger partial charge is 0.325 e. The van der Waals surface area contributed by atoms with E-state index in [0.29, 0.717) is 25.5 Å². The predicted molar refractivity (Wildman–Crippen MR) is 140 cm³/mol. The van der Waals surface area contributed by atoms with Crippen LogP contribution in [0.5, 0.6) is 0 Å². The molecule has 1 aromatic carbocycles. The van der Waals surface area contributed by atoms with E-state index in [1.165, 1.54) is 11.1 Å². The first-order valence-electron chi connectivity index (χ1n) is 12.3. The van der Waals surface area contributed by atoms with Crippen LogP contribution in [-0.2, 0) is 22.4 Å². The van der Waals surface area contributed by atoms with Gasteiger partial charge in [0, 0.05) is 31.9 Å². The number of hydrogen-bond acceptors (Lipinski definition) is 5. The number of fused-ring (bicyclic) bond motifs is 1. The number of ether oxygens (including phenoxy) is 1. The summed E-state index contributed by atoms with van der Waals surface area (Å²) in [6.45, 7) is 9.60. The van der Waals surface area contributed by atoms with E-state index in [0.717, 1.165) is 70.5 Å². The molecular weight excluding hydrogens is 475 g/mol. The summed E-state index contributed by atoms with van der Waals surface area (Å²) in [4.78, 5) is 31.8. The summed E-state index contributed by atoms with van der Waals surface area (Å²) in [5.74, 6) is 0.205. The molecule has 0 aromatic heterocycles. The van der Waals surface area contributed by atoms with Crippen molar-refractivity contribution in [2.45, 2.75) is 58.5 Å². The largest absolute Gasteiger partial charge is 0.465 e. The molecular formula is C25H40Cl2N4O3. The molecule has 1 N–H and O–H groups in total. The molecule has 1 aromatic rings. The van der Waals surface area contributed by atoms with Gasteiger partial charge in [0.15, 0.2) is 0 Å². The predicted octanol–water partition coefficient (Wildman–Crippen LogP) is 3.86. The van der Waals surface area contributed by atoms with Crippen molar-refractivity contribution < 1.29 is 14.3 Å². The lowest BCUT2D eigenvalue weighted by Crippen LogP contribution is -2.52. The summed E-state index contributed by atoms with van der Waals surface area (Å²) in [6, 6.07) is 6.61. The van der Waals surface area contributed by atoms with Crippen LogP contribution < -0.4 is 10.2 Å². The van der Waals surface area contributed by atoms with Crippen molar-refractivity contribution in [3.05, 3.63) is 29.3 Å². The number of halogens is 2. The van der Waals surface area contributed by atoms with Gasteiger partial charge in [-0.1, -0.05) is 19.9 Å². The minimum absolute atomic E-state index is 0. The van der Waals surface area contributed by atoms with Crippen molar-refractivity contribution in [2.75, 3.05) is 50.8 Å². The third kappa shape index (κ3) is 7.00. The van der Waals surface area contributed by atoms with Gasteiger partial charge in [-0.25, -0.2) is 4.79 Å². The Morgan fingerprint density at radius 1 is 1.09 bits per heavy atom. The number of anilines is 1. The van der Waals surface area contributed by atoms with Crippen LogP contribution in [-0.4, -0.2) is 73.8 Å².